The average molecular weight is 286 g/mol. The van der Waals surface area contributed by atoms with Gasteiger partial charge in [0.25, 0.3) is 0 Å². The molecule has 0 radical (unpaired) electrons. The molecule has 3 unspecified atom stereocenters. The number of urea groups is 1. The number of carbonyl (C=O) groups is 2. The molecule has 1 aliphatic rings. The Balaban J connectivity index is 2.20. The van der Waals surface area contributed by atoms with Crippen molar-refractivity contribution >= 4 is 12.0 Å². The largest absolute Gasteiger partial charge is 0.480 e. The second-order valence-corrected chi connectivity index (χ2v) is 5.73. The van der Waals surface area contributed by atoms with E-state index >= 15 is 0 Å². The van der Waals surface area contributed by atoms with Crippen molar-refractivity contribution in [2.75, 3.05) is 13.2 Å². The highest BCUT2D eigenvalue weighted by atomic mass is 16.4. The monoisotopic (exact) mass is 286 g/mol. The van der Waals surface area contributed by atoms with Crippen molar-refractivity contribution in [3.63, 3.8) is 0 Å². The normalized spacial score (nSPS) is 23.9. The van der Waals surface area contributed by atoms with E-state index in [4.69, 9.17) is 10.2 Å². The van der Waals surface area contributed by atoms with Crippen LogP contribution < -0.4 is 10.6 Å². The zero-order valence-electron chi connectivity index (χ0n) is 12.1. The van der Waals surface area contributed by atoms with Crippen molar-refractivity contribution in [1.82, 2.24) is 10.6 Å². The van der Waals surface area contributed by atoms with E-state index < -0.39 is 18.0 Å². The lowest BCUT2D eigenvalue weighted by Gasteiger charge is -2.26. The van der Waals surface area contributed by atoms with Gasteiger partial charge < -0.3 is 20.8 Å². The minimum Gasteiger partial charge on any atom is -0.480 e. The first-order valence-electron chi connectivity index (χ1n) is 7.41. The minimum absolute atomic E-state index is 0.0168. The number of carbonyl (C=O) groups excluding carboxylic acids is 1. The Kier molecular flexibility index (Phi) is 7.36. The first-order valence-corrected chi connectivity index (χ1v) is 7.41. The number of hydrogen-bond acceptors (Lipinski definition) is 3. The third-order valence-electron chi connectivity index (χ3n) is 3.90. The molecule has 3 atom stereocenters. The molecule has 1 rings (SSSR count). The number of nitrogens with one attached hydrogen (secondary N) is 2. The zero-order valence-corrected chi connectivity index (χ0v) is 12.1. The molecule has 1 fully saturated rings. The number of carboxylic acids is 1. The molecule has 0 bridgehead atoms. The summed E-state index contributed by atoms with van der Waals surface area (Å²) in [5.74, 6) is 0.297. The van der Waals surface area contributed by atoms with E-state index in [-0.39, 0.29) is 13.0 Å². The summed E-state index contributed by atoms with van der Waals surface area (Å²) in [6.07, 6.45) is 5.95. The van der Waals surface area contributed by atoms with Gasteiger partial charge in [0.15, 0.2) is 0 Å². The number of hydrogen-bond donors (Lipinski definition) is 4. The third-order valence-corrected chi connectivity index (χ3v) is 3.90. The van der Waals surface area contributed by atoms with Crippen LogP contribution in [0.2, 0.25) is 0 Å². The second-order valence-electron chi connectivity index (χ2n) is 5.73. The van der Waals surface area contributed by atoms with E-state index in [2.05, 4.69) is 17.6 Å². The molecule has 2 amide bonds. The van der Waals surface area contributed by atoms with Crippen LogP contribution in [-0.4, -0.2) is 41.4 Å². The van der Waals surface area contributed by atoms with E-state index in [0.717, 1.165) is 12.3 Å². The summed E-state index contributed by atoms with van der Waals surface area (Å²) >= 11 is 0. The van der Waals surface area contributed by atoms with Crippen molar-refractivity contribution in [3.8, 4) is 0 Å². The third kappa shape index (κ3) is 6.23. The Morgan fingerprint density at radius 1 is 1.35 bits per heavy atom. The number of aliphatic hydroxyl groups excluding tert-OH is 1. The van der Waals surface area contributed by atoms with Gasteiger partial charge in [0.2, 0.25) is 0 Å². The highest BCUT2D eigenvalue weighted by molar-refractivity contribution is 5.82. The molecule has 6 nitrogen and oxygen atoms in total. The number of aliphatic hydroxyl groups is 1. The van der Waals surface area contributed by atoms with Crippen LogP contribution in [0, 0.1) is 11.8 Å². The van der Waals surface area contributed by atoms with Gasteiger partial charge in [0, 0.05) is 19.6 Å². The van der Waals surface area contributed by atoms with Gasteiger partial charge in [0.05, 0.1) is 0 Å². The molecule has 0 aromatic carbocycles. The lowest BCUT2D eigenvalue weighted by atomic mass is 9.81. The molecule has 0 saturated heterocycles. The molecule has 0 spiro atoms. The van der Waals surface area contributed by atoms with Crippen LogP contribution in [0.15, 0.2) is 0 Å². The van der Waals surface area contributed by atoms with Crippen molar-refractivity contribution in [1.29, 1.82) is 0 Å². The Bertz CT molecular complexity index is 322. The molecule has 6 heteroatoms. The lowest BCUT2D eigenvalue weighted by molar-refractivity contribution is -0.139. The quantitative estimate of drug-likeness (QED) is 0.567. The minimum atomic E-state index is -1.13. The van der Waals surface area contributed by atoms with Crippen molar-refractivity contribution < 1.29 is 19.8 Å². The number of amides is 2. The standard InChI is InChI=1S/C14H26N2O4/c1-10-3-2-4-11(9-10)5-7-15-14(20)16-12(6-8-17)13(18)19/h10-12,17H,2-9H2,1H3,(H,18,19)(H2,15,16,20). The summed E-state index contributed by atoms with van der Waals surface area (Å²) in [5, 5.41) is 22.6. The number of carboxylic acid groups (broad SMARTS) is 1. The van der Waals surface area contributed by atoms with E-state index in [1.165, 1.54) is 25.7 Å². The predicted molar refractivity (Wildman–Crippen MR) is 75.4 cm³/mol. The SMILES string of the molecule is CC1CCCC(CCNC(=O)NC(CCO)C(=O)O)C1. The van der Waals surface area contributed by atoms with Gasteiger partial charge in [-0.25, -0.2) is 9.59 Å². The Hall–Kier alpha value is -1.30. The fourth-order valence-electron chi connectivity index (χ4n) is 2.81. The number of rotatable bonds is 7. The van der Waals surface area contributed by atoms with Crippen molar-refractivity contribution in [2.24, 2.45) is 11.8 Å². The molecule has 1 aliphatic carbocycles. The van der Waals surface area contributed by atoms with Crippen molar-refractivity contribution in [3.05, 3.63) is 0 Å². The van der Waals surface area contributed by atoms with Crippen LogP contribution in [0.5, 0.6) is 0 Å². The zero-order chi connectivity index (χ0) is 15.0. The molecule has 0 aromatic rings. The molecule has 1 saturated carbocycles. The fraction of sp³-hybridized carbons (Fsp3) is 0.857. The maximum Gasteiger partial charge on any atom is 0.326 e. The number of aliphatic carboxylic acids is 1. The first-order chi connectivity index (χ1) is 9.52. The summed E-state index contributed by atoms with van der Waals surface area (Å²) in [6.45, 7) is 2.56. The van der Waals surface area contributed by atoms with E-state index in [1.807, 2.05) is 0 Å². The van der Waals surface area contributed by atoms with Crippen LogP contribution in [-0.2, 0) is 4.79 Å². The van der Waals surface area contributed by atoms with Gasteiger partial charge in [-0.2, -0.15) is 0 Å². The molecule has 0 aromatic heterocycles. The highest BCUT2D eigenvalue weighted by Crippen LogP contribution is 2.30. The molecular formula is C14H26N2O4. The molecule has 0 aliphatic heterocycles. The molecule has 20 heavy (non-hydrogen) atoms. The Labute approximate surface area is 119 Å². The maximum atomic E-state index is 11.6. The van der Waals surface area contributed by atoms with Gasteiger partial charge in [-0.05, 0) is 24.7 Å². The van der Waals surface area contributed by atoms with Gasteiger partial charge >= 0.3 is 12.0 Å². The van der Waals surface area contributed by atoms with E-state index in [1.54, 1.807) is 0 Å². The average Bonchev–Trinajstić information content (AvgIpc) is 2.38. The maximum absolute atomic E-state index is 11.6. The van der Waals surface area contributed by atoms with Gasteiger partial charge in [-0.1, -0.05) is 26.2 Å². The Morgan fingerprint density at radius 3 is 2.70 bits per heavy atom. The fourth-order valence-corrected chi connectivity index (χ4v) is 2.81. The van der Waals surface area contributed by atoms with Crippen molar-refractivity contribution in [2.45, 2.75) is 51.5 Å². The van der Waals surface area contributed by atoms with E-state index in [0.29, 0.717) is 12.5 Å². The highest BCUT2D eigenvalue weighted by Gasteiger charge is 2.20. The molecule has 116 valence electrons. The predicted octanol–water partition coefficient (Wildman–Crippen LogP) is 1.34. The van der Waals surface area contributed by atoms with Crippen LogP contribution in [0.3, 0.4) is 0 Å². The molecule has 0 heterocycles. The lowest BCUT2D eigenvalue weighted by Crippen LogP contribution is -2.46. The van der Waals surface area contributed by atoms with Crippen LogP contribution in [0.1, 0.15) is 45.4 Å². The molecule has 4 N–H and O–H groups in total. The van der Waals surface area contributed by atoms with Gasteiger partial charge in [0.1, 0.15) is 6.04 Å². The summed E-state index contributed by atoms with van der Waals surface area (Å²) in [5.41, 5.74) is 0. The topological polar surface area (TPSA) is 98.7 Å². The first kappa shape index (κ1) is 16.8. The Morgan fingerprint density at radius 2 is 2.10 bits per heavy atom. The summed E-state index contributed by atoms with van der Waals surface area (Å²) in [6, 6.07) is -1.51. The van der Waals surface area contributed by atoms with Gasteiger partial charge in [-0.3, -0.25) is 0 Å². The van der Waals surface area contributed by atoms with Gasteiger partial charge in [-0.15, -0.1) is 0 Å². The van der Waals surface area contributed by atoms with Crippen LogP contribution in [0.4, 0.5) is 4.79 Å². The summed E-state index contributed by atoms with van der Waals surface area (Å²) in [7, 11) is 0. The molecular weight excluding hydrogens is 260 g/mol. The van der Waals surface area contributed by atoms with E-state index in [9.17, 15) is 9.59 Å². The smallest absolute Gasteiger partial charge is 0.326 e. The summed E-state index contributed by atoms with van der Waals surface area (Å²) < 4.78 is 0. The second kappa shape index (κ2) is 8.79. The summed E-state index contributed by atoms with van der Waals surface area (Å²) in [4.78, 5) is 22.4. The van der Waals surface area contributed by atoms with Crippen LogP contribution >= 0.6 is 0 Å². The van der Waals surface area contributed by atoms with Crippen LogP contribution in [0.25, 0.3) is 0 Å².